The molecule has 0 bridgehead atoms. The summed E-state index contributed by atoms with van der Waals surface area (Å²) >= 11 is 0. The third-order valence-corrected chi connectivity index (χ3v) is 3.92. The second-order valence-corrected chi connectivity index (χ2v) is 6.62. The maximum atomic E-state index is 11.3. The Bertz CT molecular complexity index is 575. The number of hydrogen-bond acceptors (Lipinski definition) is 3. The highest BCUT2D eigenvalue weighted by molar-refractivity contribution is 7.84. The van der Waals surface area contributed by atoms with Crippen molar-refractivity contribution < 1.29 is 4.21 Å². The van der Waals surface area contributed by atoms with Crippen LogP contribution in [0.1, 0.15) is 19.4 Å². The second-order valence-electron chi connectivity index (χ2n) is 5.24. The maximum absolute atomic E-state index is 11.3. The maximum Gasteiger partial charge on any atom is 0.124 e. The van der Waals surface area contributed by atoms with Gasteiger partial charge >= 0.3 is 0 Å². The molecule has 0 saturated heterocycles. The minimum Gasteiger partial charge on any atom is -0.366 e. The van der Waals surface area contributed by atoms with E-state index in [4.69, 9.17) is 0 Å². The van der Waals surface area contributed by atoms with Gasteiger partial charge in [-0.15, -0.1) is 0 Å². The minimum absolute atomic E-state index is 0.564. The molecule has 0 aliphatic carbocycles. The lowest BCUT2D eigenvalue weighted by atomic mass is 10.2. The van der Waals surface area contributed by atoms with Crippen molar-refractivity contribution in [2.75, 3.05) is 11.6 Å². The average Bonchev–Trinajstić information content (AvgIpc) is 2.83. The highest BCUT2D eigenvalue weighted by atomic mass is 32.2. The first-order chi connectivity index (χ1) is 9.56. The first kappa shape index (κ1) is 14.8. The Labute approximate surface area is 122 Å². The topological polar surface area (TPSA) is 46.9 Å². The fourth-order valence-corrected chi connectivity index (χ4v) is 2.49. The van der Waals surface area contributed by atoms with Crippen molar-refractivity contribution in [1.29, 1.82) is 0 Å². The third kappa shape index (κ3) is 3.93. The minimum atomic E-state index is -0.916. The Balaban J connectivity index is 1.98. The summed E-state index contributed by atoms with van der Waals surface area (Å²) in [6.07, 6.45) is 3.51. The number of nitrogens with zero attached hydrogens (tertiary/aromatic N) is 2. The zero-order valence-corrected chi connectivity index (χ0v) is 13.0. The summed E-state index contributed by atoms with van der Waals surface area (Å²) in [5.74, 6) is 1.59. The van der Waals surface area contributed by atoms with E-state index in [1.807, 2.05) is 41.2 Å². The smallest absolute Gasteiger partial charge is 0.124 e. The van der Waals surface area contributed by atoms with Crippen LogP contribution in [0.15, 0.2) is 41.4 Å². The fraction of sp³-hybridized carbons (Fsp3) is 0.400. The number of aromatic nitrogens is 2. The Kier molecular flexibility index (Phi) is 4.95. The van der Waals surface area contributed by atoms with Crippen molar-refractivity contribution >= 4 is 16.6 Å². The summed E-state index contributed by atoms with van der Waals surface area (Å²) in [5, 5.41) is 7.71. The van der Waals surface area contributed by atoms with Crippen LogP contribution in [0.25, 0.3) is 0 Å². The molecule has 108 valence electrons. The van der Waals surface area contributed by atoms with Crippen LogP contribution in [0, 0.1) is 5.92 Å². The van der Waals surface area contributed by atoms with Crippen molar-refractivity contribution in [1.82, 2.24) is 9.78 Å². The van der Waals surface area contributed by atoms with E-state index in [9.17, 15) is 4.21 Å². The fourth-order valence-electron chi connectivity index (χ4n) is 1.97. The van der Waals surface area contributed by atoms with E-state index in [2.05, 4.69) is 24.3 Å². The SMILES string of the molecule is CC(C)Cn1nccc1NCc1ccc([S@](C)=O)cc1. The van der Waals surface area contributed by atoms with Crippen LogP contribution in [0.2, 0.25) is 0 Å². The molecule has 0 unspecified atom stereocenters. The van der Waals surface area contributed by atoms with Gasteiger partial charge in [0.2, 0.25) is 0 Å². The van der Waals surface area contributed by atoms with E-state index in [1.54, 1.807) is 6.26 Å². The van der Waals surface area contributed by atoms with Crippen LogP contribution in [-0.2, 0) is 23.9 Å². The van der Waals surface area contributed by atoms with Gasteiger partial charge in [-0.05, 0) is 23.6 Å². The molecule has 2 aromatic rings. The lowest BCUT2D eigenvalue weighted by Crippen LogP contribution is -2.11. The van der Waals surface area contributed by atoms with Gasteiger partial charge in [-0.25, -0.2) is 4.68 Å². The van der Waals surface area contributed by atoms with E-state index in [-0.39, 0.29) is 0 Å². The van der Waals surface area contributed by atoms with Crippen LogP contribution in [0.4, 0.5) is 5.82 Å². The van der Waals surface area contributed by atoms with Crippen LogP contribution < -0.4 is 5.32 Å². The molecule has 0 fully saturated rings. The lowest BCUT2D eigenvalue weighted by molar-refractivity contribution is 0.487. The Morgan fingerprint density at radius 1 is 1.25 bits per heavy atom. The molecular formula is C15H21N3OS. The molecule has 0 saturated carbocycles. The molecular weight excluding hydrogens is 270 g/mol. The monoisotopic (exact) mass is 291 g/mol. The van der Waals surface area contributed by atoms with Gasteiger partial charge in [-0.3, -0.25) is 4.21 Å². The molecule has 5 heteroatoms. The van der Waals surface area contributed by atoms with E-state index < -0.39 is 10.8 Å². The number of hydrogen-bond donors (Lipinski definition) is 1. The number of anilines is 1. The van der Waals surface area contributed by atoms with Gasteiger partial charge in [-0.2, -0.15) is 5.10 Å². The summed E-state index contributed by atoms with van der Waals surface area (Å²) in [4.78, 5) is 0.860. The third-order valence-electron chi connectivity index (χ3n) is 2.98. The molecule has 0 amide bonds. The molecule has 1 heterocycles. The standard InChI is InChI=1S/C15H21N3OS/c1-12(2)11-18-15(8-9-17-18)16-10-13-4-6-14(7-5-13)20(3)19/h4-9,12,16H,10-11H2,1-3H3/t20-/m0/s1. The quantitative estimate of drug-likeness (QED) is 0.890. The van der Waals surface area contributed by atoms with Gasteiger partial charge in [-0.1, -0.05) is 26.0 Å². The van der Waals surface area contributed by atoms with Gasteiger partial charge in [0.05, 0.1) is 6.20 Å². The summed E-state index contributed by atoms with van der Waals surface area (Å²) in [6, 6.07) is 9.83. The van der Waals surface area contributed by atoms with E-state index in [1.165, 1.54) is 0 Å². The summed E-state index contributed by atoms with van der Waals surface area (Å²) in [6.45, 7) is 5.99. The Morgan fingerprint density at radius 2 is 1.95 bits per heavy atom. The van der Waals surface area contributed by atoms with Gasteiger partial charge < -0.3 is 5.32 Å². The zero-order chi connectivity index (χ0) is 14.5. The molecule has 1 aromatic heterocycles. The largest absolute Gasteiger partial charge is 0.366 e. The molecule has 0 radical (unpaired) electrons. The normalized spacial score (nSPS) is 12.6. The summed E-state index contributed by atoms with van der Waals surface area (Å²) < 4.78 is 13.3. The summed E-state index contributed by atoms with van der Waals surface area (Å²) in [5.41, 5.74) is 1.16. The van der Waals surface area contributed by atoms with Crippen molar-refractivity contribution in [2.45, 2.75) is 31.8 Å². The highest BCUT2D eigenvalue weighted by Gasteiger charge is 2.04. The first-order valence-corrected chi connectivity index (χ1v) is 8.30. The van der Waals surface area contributed by atoms with E-state index in [0.717, 1.165) is 29.4 Å². The Morgan fingerprint density at radius 3 is 2.55 bits per heavy atom. The van der Waals surface area contributed by atoms with Crippen LogP contribution in [0.3, 0.4) is 0 Å². The first-order valence-electron chi connectivity index (χ1n) is 6.74. The van der Waals surface area contributed by atoms with Gasteiger partial charge in [0.25, 0.3) is 0 Å². The number of nitrogens with one attached hydrogen (secondary N) is 1. The van der Waals surface area contributed by atoms with Gasteiger partial charge in [0.1, 0.15) is 5.82 Å². The lowest BCUT2D eigenvalue weighted by Gasteiger charge is -2.11. The van der Waals surface area contributed by atoms with E-state index in [0.29, 0.717) is 5.92 Å². The molecule has 0 aliphatic rings. The van der Waals surface area contributed by atoms with Crippen LogP contribution >= 0.6 is 0 Å². The van der Waals surface area contributed by atoms with Crippen LogP contribution in [-0.4, -0.2) is 20.2 Å². The number of rotatable bonds is 6. The molecule has 1 N–H and O–H groups in total. The van der Waals surface area contributed by atoms with Gasteiger partial charge in [0, 0.05) is 41.1 Å². The molecule has 20 heavy (non-hydrogen) atoms. The van der Waals surface area contributed by atoms with Gasteiger partial charge in [0.15, 0.2) is 0 Å². The zero-order valence-electron chi connectivity index (χ0n) is 12.2. The van der Waals surface area contributed by atoms with Crippen molar-refractivity contribution in [2.24, 2.45) is 5.92 Å². The predicted octanol–water partition coefficient (Wildman–Crippen LogP) is 2.89. The number of benzene rings is 1. The molecule has 0 spiro atoms. The summed E-state index contributed by atoms with van der Waals surface area (Å²) in [7, 11) is -0.916. The van der Waals surface area contributed by atoms with Crippen molar-refractivity contribution in [3.63, 3.8) is 0 Å². The molecule has 2 rings (SSSR count). The predicted molar refractivity (Wildman–Crippen MR) is 83.2 cm³/mol. The second kappa shape index (κ2) is 6.70. The van der Waals surface area contributed by atoms with Crippen molar-refractivity contribution in [3.8, 4) is 0 Å². The average molecular weight is 291 g/mol. The van der Waals surface area contributed by atoms with Crippen molar-refractivity contribution in [3.05, 3.63) is 42.1 Å². The van der Waals surface area contributed by atoms with Crippen LogP contribution in [0.5, 0.6) is 0 Å². The molecule has 1 atom stereocenters. The molecule has 4 nitrogen and oxygen atoms in total. The Hall–Kier alpha value is -1.62. The molecule has 1 aromatic carbocycles. The molecule has 0 aliphatic heterocycles. The highest BCUT2D eigenvalue weighted by Crippen LogP contribution is 2.12. The van der Waals surface area contributed by atoms with E-state index >= 15 is 0 Å².